The summed E-state index contributed by atoms with van der Waals surface area (Å²) in [5, 5.41) is 0.0833. The van der Waals surface area contributed by atoms with E-state index in [2.05, 4.69) is 6.58 Å². The highest BCUT2D eigenvalue weighted by Gasteiger charge is 1.90. The van der Waals surface area contributed by atoms with E-state index >= 15 is 0 Å². The molecule has 40 valence electrons. The largest absolute Gasteiger partial charge is 0.206 e. The van der Waals surface area contributed by atoms with E-state index in [0.717, 1.165) is 0 Å². The van der Waals surface area contributed by atoms with Crippen molar-refractivity contribution in [1.82, 2.24) is 0 Å². The lowest BCUT2D eigenvalue weighted by atomic mass is 10.5. The van der Waals surface area contributed by atoms with Crippen molar-refractivity contribution < 1.29 is 4.39 Å². The van der Waals surface area contributed by atoms with E-state index in [1.165, 1.54) is 6.08 Å². The van der Waals surface area contributed by atoms with E-state index in [9.17, 15) is 4.39 Å². The summed E-state index contributed by atoms with van der Waals surface area (Å²) in [6.07, 6.45) is 1.45. The van der Waals surface area contributed by atoms with Crippen molar-refractivity contribution in [2.24, 2.45) is 0 Å². The third-order valence-electron chi connectivity index (χ3n) is 0.513. The molecule has 0 spiro atoms. The van der Waals surface area contributed by atoms with E-state index in [4.69, 9.17) is 11.6 Å². The topological polar surface area (TPSA) is 0 Å². The van der Waals surface area contributed by atoms with Crippen molar-refractivity contribution in [1.29, 1.82) is 0 Å². The van der Waals surface area contributed by atoms with Crippen LogP contribution < -0.4 is 0 Å². The Bertz CT molecular complexity index is 105. The average molecular weight is 121 g/mol. The van der Waals surface area contributed by atoms with Crippen LogP contribution in [-0.2, 0) is 0 Å². The molecular weight excluding hydrogens is 115 g/mol. The highest BCUT2D eigenvalue weighted by atomic mass is 35.5. The quantitative estimate of drug-likeness (QED) is 0.467. The molecule has 0 fully saturated rings. The normalized spacial score (nSPS) is 11.6. The molecule has 0 bridgehead atoms. The summed E-state index contributed by atoms with van der Waals surface area (Å²) in [5.74, 6) is -0.579. The summed E-state index contributed by atoms with van der Waals surface area (Å²) in [5.41, 5.74) is 0. The van der Waals surface area contributed by atoms with Crippen LogP contribution in [-0.4, -0.2) is 0 Å². The Balaban J connectivity index is 3.82. The van der Waals surface area contributed by atoms with Gasteiger partial charge < -0.3 is 0 Å². The van der Waals surface area contributed by atoms with Crippen LogP contribution in [0.5, 0.6) is 0 Å². The number of halogens is 2. The van der Waals surface area contributed by atoms with Gasteiger partial charge in [-0.1, -0.05) is 24.3 Å². The molecule has 0 unspecified atom stereocenters. The number of hydrogen-bond donors (Lipinski definition) is 0. The fourth-order valence-corrected chi connectivity index (χ4v) is 0.157. The van der Waals surface area contributed by atoms with Gasteiger partial charge in [0.2, 0.25) is 0 Å². The molecule has 0 N–H and O–H groups in total. The molecule has 0 heterocycles. The minimum atomic E-state index is -0.579. The molecule has 0 aromatic carbocycles. The van der Waals surface area contributed by atoms with Crippen molar-refractivity contribution in [2.45, 2.75) is 6.92 Å². The van der Waals surface area contributed by atoms with Crippen LogP contribution in [0.25, 0.3) is 0 Å². The van der Waals surface area contributed by atoms with Gasteiger partial charge >= 0.3 is 0 Å². The predicted molar refractivity (Wildman–Crippen MR) is 29.9 cm³/mol. The molecule has 0 aliphatic heterocycles. The fourth-order valence-electron chi connectivity index (χ4n) is 0.157. The average Bonchev–Trinajstić information content (AvgIpc) is 1.65. The van der Waals surface area contributed by atoms with Crippen LogP contribution >= 0.6 is 11.6 Å². The van der Waals surface area contributed by atoms with E-state index < -0.39 is 5.83 Å². The van der Waals surface area contributed by atoms with E-state index in [-0.39, 0.29) is 5.03 Å². The molecule has 0 atom stereocenters. The summed E-state index contributed by atoms with van der Waals surface area (Å²) in [6.45, 7) is 4.60. The summed E-state index contributed by atoms with van der Waals surface area (Å²) in [7, 11) is 0. The molecule has 0 saturated heterocycles. The van der Waals surface area contributed by atoms with Gasteiger partial charge in [-0.2, -0.15) is 0 Å². The van der Waals surface area contributed by atoms with Crippen LogP contribution in [0.3, 0.4) is 0 Å². The Morgan fingerprint density at radius 3 is 2.29 bits per heavy atom. The van der Waals surface area contributed by atoms with E-state index in [1.807, 2.05) is 0 Å². The molecule has 0 radical (unpaired) electrons. The van der Waals surface area contributed by atoms with Crippen molar-refractivity contribution in [3.63, 3.8) is 0 Å². The Labute approximate surface area is 47.3 Å². The second-order valence-corrected chi connectivity index (χ2v) is 1.45. The molecule has 0 aromatic rings. The van der Waals surface area contributed by atoms with Crippen molar-refractivity contribution in [3.05, 3.63) is 23.5 Å². The summed E-state index contributed by atoms with van der Waals surface area (Å²) >= 11 is 5.19. The second kappa shape index (κ2) is 2.80. The molecule has 0 rings (SSSR count). The van der Waals surface area contributed by atoms with Gasteiger partial charge in [-0.15, -0.1) is 0 Å². The maximum Gasteiger partial charge on any atom is 0.134 e. The summed E-state index contributed by atoms with van der Waals surface area (Å²) < 4.78 is 11.7. The predicted octanol–water partition coefficient (Wildman–Crippen LogP) is 2.61. The second-order valence-electron chi connectivity index (χ2n) is 1.04. The van der Waals surface area contributed by atoms with Crippen molar-refractivity contribution in [3.8, 4) is 0 Å². The molecular formula is C5H6ClF. The monoisotopic (exact) mass is 120 g/mol. The van der Waals surface area contributed by atoms with Crippen LogP contribution in [0.1, 0.15) is 6.92 Å². The van der Waals surface area contributed by atoms with Crippen LogP contribution in [0.4, 0.5) is 4.39 Å². The maximum atomic E-state index is 11.7. The molecule has 2 heteroatoms. The first-order chi connectivity index (χ1) is 3.18. The van der Waals surface area contributed by atoms with E-state index in [1.54, 1.807) is 6.92 Å². The molecule has 7 heavy (non-hydrogen) atoms. The molecule has 0 nitrogen and oxygen atoms in total. The fraction of sp³-hybridized carbons (Fsp3) is 0.200. The zero-order chi connectivity index (χ0) is 5.86. The first kappa shape index (κ1) is 6.70. The number of allylic oxidation sites excluding steroid dienone is 3. The Hall–Kier alpha value is -0.300. The maximum absolute atomic E-state index is 11.7. The lowest BCUT2D eigenvalue weighted by Crippen LogP contribution is -1.64. The standard InChI is InChI=1S/C5H6ClF/c1-3-5(6)4(2)7/h3H,2H2,1H3. The first-order valence-electron chi connectivity index (χ1n) is 1.85. The van der Waals surface area contributed by atoms with Crippen molar-refractivity contribution >= 4 is 11.6 Å². The van der Waals surface area contributed by atoms with Gasteiger partial charge in [-0.3, -0.25) is 0 Å². The number of hydrogen-bond acceptors (Lipinski definition) is 0. The SMILES string of the molecule is C=C(F)C(Cl)=CC. The first-order valence-corrected chi connectivity index (χ1v) is 2.23. The van der Waals surface area contributed by atoms with Crippen molar-refractivity contribution in [2.75, 3.05) is 0 Å². The zero-order valence-electron chi connectivity index (χ0n) is 4.04. The highest BCUT2D eigenvalue weighted by molar-refractivity contribution is 6.31. The van der Waals surface area contributed by atoms with Gasteiger partial charge in [-0.25, -0.2) is 4.39 Å². The van der Waals surface area contributed by atoms with Crippen LogP contribution in [0.15, 0.2) is 23.5 Å². The van der Waals surface area contributed by atoms with Crippen LogP contribution in [0, 0.1) is 0 Å². The molecule has 0 aliphatic rings. The third kappa shape index (κ3) is 2.40. The summed E-state index contributed by atoms with van der Waals surface area (Å²) in [4.78, 5) is 0. The van der Waals surface area contributed by atoms with Gasteiger partial charge in [0, 0.05) is 0 Å². The van der Waals surface area contributed by atoms with Gasteiger partial charge in [0.25, 0.3) is 0 Å². The van der Waals surface area contributed by atoms with E-state index in [0.29, 0.717) is 0 Å². The smallest absolute Gasteiger partial charge is 0.134 e. The Morgan fingerprint density at radius 2 is 2.29 bits per heavy atom. The highest BCUT2D eigenvalue weighted by Crippen LogP contribution is 2.11. The number of rotatable bonds is 1. The summed E-state index contributed by atoms with van der Waals surface area (Å²) in [6, 6.07) is 0. The molecule has 0 aromatic heterocycles. The molecule has 0 amide bonds. The minimum absolute atomic E-state index is 0.0833. The van der Waals surface area contributed by atoms with Gasteiger partial charge in [0.15, 0.2) is 0 Å². The third-order valence-corrected chi connectivity index (χ3v) is 0.936. The Morgan fingerprint density at radius 1 is 1.86 bits per heavy atom. The van der Waals surface area contributed by atoms with Gasteiger partial charge in [0.05, 0.1) is 5.03 Å². The van der Waals surface area contributed by atoms with Crippen LogP contribution in [0.2, 0.25) is 0 Å². The zero-order valence-corrected chi connectivity index (χ0v) is 4.80. The lowest BCUT2D eigenvalue weighted by molar-refractivity contribution is 0.666. The molecule has 0 saturated carbocycles. The van der Waals surface area contributed by atoms with Gasteiger partial charge in [0.1, 0.15) is 5.83 Å². The van der Waals surface area contributed by atoms with Gasteiger partial charge in [-0.05, 0) is 6.92 Å². The molecule has 0 aliphatic carbocycles. The lowest BCUT2D eigenvalue weighted by Gasteiger charge is -1.84. The minimum Gasteiger partial charge on any atom is -0.206 e. The Kier molecular flexibility index (Phi) is 2.68.